The molecule has 1 aliphatic heterocycles. The molecule has 0 bridgehead atoms. The SMILES string of the molecule is CC(C)C[C@H](N)C(=O)NCCc1cc(Cl)c2c(c1)OCCO2.Cl. The van der Waals surface area contributed by atoms with Crippen LogP contribution in [-0.2, 0) is 11.2 Å². The summed E-state index contributed by atoms with van der Waals surface area (Å²) in [6, 6.07) is 3.29. The van der Waals surface area contributed by atoms with Gasteiger partial charge in [-0.25, -0.2) is 0 Å². The Balaban J connectivity index is 0.00000264. The van der Waals surface area contributed by atoms with Crippen LogP contribution in [-0.4, -0.2) is 31.7 Å². The molecular weight excluding hydrogens is 339 g/mol. The van der Waals surface area contributed by atoms with Crippen molar-refractivity contribution in [1.82, 2.24) is 5.32 Å². The third-order valence-corrected chi connectivity index (χ3v) is 3.71. The van der Waals surface area contributed by atoms with E-state index in [1.165, 1.54) is 0 Å². The first-order valence-electron chi connectivity index (χ1n) is 7.58. The molecule has 0 aliphatic carbocycles. The molecule has 5 nitrogen and oxygen atoms in total. The normalized spacial score (nSPS) is 14.1. The maximum absolute atomic E-state index is 11.9. The van der Waals surface area contributed by atoms with Crippen LogP contribution in [0.2, 0.25) is 5.02 Å². The Morgan fingerprint density at radius 3 is 2.74 bits per heavy atom. The molecule has 0 unspecified atom stereocenters. The fourth-order valence-corrected chi connectivity index (χ4v) is 2.67. The Bertz CT molecular complexity index is 538. The molecule has 23 heavy (non-hydrogen) atoms. The second-order valence-electron chi connectivity index (χ2n) is 5.88. The van der Waals surface area contributed by atoms with Gasteiger partial charge in [0.2, 0.25) is 5.91 Å². The summed E-state index contributed by atoms with van der Waals surface area (Å²) in [4.78, 5) is 11.9. The Kier molecular flexibility index (Phi) is 7.95. The summed E-state index contributed by atoms with van der Waals surface area (Å²) >= 11 is 6.18. The maximum atomic E-state index is 11.9. The Labute approximate surface area is 148 Å². The van der Waals surface area contributed by atoms with E-state index in [9.17, 15) is 4.79 Å². The number of benzene rings is 1. The molecule has 0 fully saturated rings. The number of nitrogens with one attached hydrogen (secondary N) is 1. The molecule has 3 N–H and O–H groups in total. The van der Waals surface area contributed by atoms with E-state index in [1.807, 2.05) is 26.0 Å². The second kappa shape index (κ2) is 9.21. The Morgan fingerprint density at radius 1 is 1.35 bits per heavy atom. The van der Waals surface area contributed by atoms with Gasteiger partial charge in [-0.2, -0.15) is 0 Å². The monoisotopic (exact) mass is 362 g/mol. The van der Waals surface area contributed by atoms with E-state index >= 15 is 0 Å². The zero-order valence-electron chi connectivity index (χ0n) is 13.4. The number of fused-ring (bicyclic) bond motifs is 1. The van der Waals surface area contributed by atoms with E-state index in [-0.39, 0.29) is 18.3 Å². The van der Waals surface area contributed by atoms with E-state index in [4.69, 9.17) is 26.8 Å². The molecule has 1 aliphatic rings. The summed E-state index contributed by atoms with van der Waals surface area (Å²) in [5.74, 6) is 1.55. The number of amides is 1. The maximum Gasteiger partial charge on any atom is 0.236 e. The van der Waals surface area contributed by atoms with E-state index < -0.39 is 6.04 Å². The van der Waals surface area contributed by atoms with Gasteiger partial charge in [0.05, 0.1) is 11.1 Å². The summed E-state index contributed by atoms with van der Waals surface area (Å²) in [6.45, 7) is 5.64. The summed E-state index contributed by atoms with van der Waals surface area (Å²) < 4.78 is 11.0. The van der Waals surface area contributed by atoms with Crippen LogP contribution in [0.15, 0.2) is 12.1 Å². The largest absolute Gasteiger partial charge is 0.486 e. The lowest BCUT2D eigenvalue weighted by molar-refractivity contribution is -0.122. The topological polar surface area (TPSA) is 73.6 Å². The minimum Gasteiger partial charge on any atom is -0.486 e. The van der Waals surface area contributed by atoms with Gasteiger partial charge in [0, 0.05) is 6.54 Å². The first-order chi connectivity index (χ1) is 10.5. The number of nitrogens with two attached hydrogens (primary N) is 1. The van der Waals surface area contributed by atoms with Crippen molar-refractivity contribution in [1.29, 1.82) is 0 Å². The Hall–Kier alpha value is -1.17. The number of hydrogen-bond donors (Lipinski definition) is 2. The van der Waals surface area contributed by atoms with E-state index in [0.29, 0.717) is 55.0 Å². The molecule has 7 heteroatoms. The molecule has 1 amide bonds. The molecule has 0 aromatic heterocycles. The standard InChI is InChI=1S/C16H23ClN2O3.ClH/c1-10(2)7-13(18)16(20)19-4-3-11-8-12(17)15-14(9-11)21-5-6-22-15;/h8-10,13H,3-7,18H2,1-2H3,(H,19,20);1H/t13-;/m0./s1. The molecule has 1 aromatic carbocycles. The lowest BCUT2D eigenvalue weighted by Crippen LogP contribution is -2.42. The number of halogens is 2. The van der Waals surface area contributed by atoms with Crippen molar-refractivity contribution >= 4 is 29.9 Å². The highest BCUT2D eigenvalue weighted by Gasteiger charge is 2.17. The van der Waals surface area contributed by atoms with Crippen LogP contribution in [0, 0.1) is 5.92 Å². The molecule has 0 spiro atoms. The molecule has 130 valence electrons. The fourth-order valence-electron chi connectivity index (χ4n) is 2.38. The van der Waals surface area contributed by atoms with Crippen LogP contribution in [0.4, 0.5) is 0 Å². The Morgan fingerprint density at radius 2 is 2.04 bits per heavy atom. The number of hydrogen-bond acceptors (Lipinski definition) is 4. The van der Waals surface area contributed by atoms with Crippen LogP contribution in [0.3, 0.4) is 0 Å². The lowest BCUT2D eigenvalue weighted by atomic mass is 10.0. The zero-order valence-corrected chi connectivity index (χ0v) is 15.0. The van der Waals surface area contributed by atoms with Crippen molar-refractivity contribution in [3.63, 3.8) is 0 Å². The van der Waals surface area contributed by atoms with Crippen molar-refractivity contribution in [3.05, 3.63) is 22.7 Å². The molecule has 1 atom stereocenters. The first kappa shape index (κ1) is 19.9. The minimum atomic E-state index is -0.455. The fraction of sp³-hybridized carbons (Fsp3) is 0.562. The number of rotatable bonds is 6. The molecule has 0 radical (unpaired) electrons. The van der Waals surface area contributed by atoms with Crippen LogP contribution in [0.1, 0.15) is 25.8 Å². The predicted octanol–water partition coefficient (Wildman–Crippen LogP) is 2.57. The summed E-state index contributed by atoms with van der Waals surface area (Å²) in [5, 5.41) is 3.39. The van der Waals surface area contributed by atoms with Crippen LogP contribution in [0.25, 0.3) is 0 Å². The van der Waals surface area contributed by atoms with Crippen molar-refractivity contribution in [2.24, 2.45) is 11.7 Å². The predicted molar refractivity (Wildman–Crippen MR) is 93.8 cm³/mol. The third kappa shape index (κ3) is 5.75. The third-order valence-electron chi connectivity index (χ3n) is 3.43. The van der Waals surface area contributed by atoms with Crippen molar-refractivity contribution in [2.75, 3.05) is 19.8 Å². The van der Waals surface area contributed by atoms with Crippen LogP contribution in [0.5, 0.6) is 11.5 Å². The van der Waals surface area contributed by atoms with Gasteiger partial charge in [-0.15, -0.1) is 12.4 Å². The quantitative estimate of drug-likeness (QED) is 0.815. The van der Waals surface area contributed by atoms with Crippen molar-refractivity contribution < 1.29 is 14.3 Å². The lowest BCUT2D eigenvalue weighted by Gasteiger charge is -2.20. The minimum absolute atomic E-state index is 0. The summed E-state index contributed by atoms with van der Waals surface area (Å²) in [6.07, 6.45) is 1.35. The molecule has 0 saturated carbocycles. The van der Waals surface area contributed by atoms with Gasteiger partial charge in [-0.3, -0.25) is 4.79 Å². The van der Waals surface area contributed by atoms with Gasteiger partial charge in [0.25, 0.3) is 0 Å². The van der Waals surface area contributed by atoms with Gasteiger partial charge in [0.1, 0.15) is 13.2 Å². The summed E-state index contributed by atoms with van der Waals surface area (Å²) in [5.41, 5.74) is 6.84. The summed E-state index contributed by atoms with van der Waals surface area (Å²) in [7, 11) is 0. The van der Waals surface area contributed by atoms with Crippen molar-refractivity contribution in [3.8, 4) is 11.5 Å². The van der Waals surface area contributed by atoms with Gasteiger partial charge < -0.3 is 20.5 Å². The van der Waals surface area contributed by atoms with Crippen molar-refractivity contribution in [2.45, 2.75) is 32.7 Å². The number of carbonyl (C=O) groups is 1. The zero-order chi connectivity index (χ0) is 16.1. The molecule has 2 rings (SSSR count). The smallest absolute Gasteiger partial charge is 0.236 e. The van der Waals surface area contributed by atoms with Gasteiger partial charge >= 0.3 is 0 Å². The highest BCUT2D eigenvalue weighted by Crippen LogP contribution is 2.38. The average molecular weight is 363 g/mol. The molecule has 1 heterocycles. The highest BCUT2D eigenvalue weighted by atomic mass is 35.5. The van der Waals surface area contributed by atoms with E-state index in [2.05, 4.69) is 5.32 Å². The molecule has 1 aromatic rings. The van der Waals surface area contributed by atoms with E-state index in [1.54, 1.807) is 0 Å². The molecule has 0 saturated heterocycles. The molecular formula is C16H24Cl2N2O3. The van der Waals surface area contributed by atoms with Gasteiger partial charge in [-0.1, -0.05) is 25.4 Å². The average Bonchev–Trinajstić information content (AvgIpc) is 2.46. The highest BCUT2D eigenvalue weighted by molar-refractivity contribution is 6.32. The van der Waals surface area contributed by atoms with Gasteiger partial charge in [-0.05, 0) is 36.5 Å². The second-order valence-corrected chi connectivity index (χ2v) is 6.29. The van der Waals surface area contributed by atoms with Crippen LogP contribution < -0.4 is 20.5 Å². The number of carbonyl (C=O) groups excluding carboxylic acids is 1. The van der Waals surface area contributed by atoms with Gasteiger partial charge in [0.15, 0.2) is 11.5 Å². The van der Waals surface area contributed by atoms with E-state index in [0.717, 1.165) is 5.56 Å². The first-order valence-corrected chi connectivity index (χ1v) is 7.96. The number of ether oxygens (including phenoxy) is 2. The van der Waals surface area contributed by atoms with Crippen LogP contribution >= 0.6 is 24.0 Å².